The molecule has 0 bridgehead atoms. The van der Waals surface area contributed by atoms with Crippen molar-refractivity contribution in [2.45, 2.75) is 79.9 Å². The number of hydrogen-bond acceptors (Lipinski definition) is 5. The molecule has 2 aliphatic carbocycles. The Bertz CT molecular complexity index is 788. The molecule has 0 saturated heterocycles. The van der Waals surface area contributed by atoms with Crippen molar-refractivity contribution in [3.05, 3.63) is 35.5 Å². The molecule has 0 spiro atoms. The zero-order valence-corrected chi connectivity index (χ0v) is 20.1. The van der Waals surface area contributed by atoms with E-state index in [-0.39, 0.29) is 41.3 Å². The summed E-state index contributed by atoms with van der Waals surface area (Å²) in [6.07, 6.45) is 3.98. The fourth-order valence-electron chi connectivity index (χ4n) is 4.71. The van der Waals surface area contributed by atoms with Gasteiger partial charge in [0, 0.05) is 17.9 Å². The van der Waals surface area contributed by atoms with E-state index in [2.05, 4.69) is 20.4 Å². The van der Waals surface area contributed by atoms with Gasteiger partial charge in [-0.1, -0.05) is 52.8 Å². The lowest BCUT2D eigenvalue weighted by molar-refractivity contribution is -0.160. The highest BCUT2D eigenvalue weighted by atomic mass is 16.6. The predicted octanol–water partition coefficient (Wildman–Crippen LogP) is 5.21. The maximum Gasteiger partial charge on any atom is 0.331 e. The zero-order valence-electron chi connectivity index (χ0n) is 20.1. The molecule has 2 fully saturated rings. The number of ether oxygens (including phenoxy) is 2. The molecule has 0 amide bonds. The lowest BCUT2D eigenvalue weighted by Crippen LogP contribution is -2.43. The number of esters is 2. The zero-order chi connectivity index (χ0) is 23.5. The minimum Gasteiger partial charge on any atom is -0.455 e. The molecule has 6 atom stereocenters. The average Bonchev–Trinajstić information content (AvgIpc) is 3.00. The smallest absolute Gasteiger partial charge is 0.331 e. The summed E-state index contributed by atoms with van der Waals surface area (Å²) in [4.78, 5) is 38.3. The van der Waals surface area contributed by atoms with Crippen LogP contribution in [-0.4, -0.2) is 29.9 Å². The first-order chi connectivity index (χ1) is 14.6. The van der Waals surface area contributed by atoms with E-state index in [1.54, 1.807) is 6.92 Å². The Hall–Kier alpha value is -2.17. The first kappa shape index (κ1) is 25.1. The molecule has 2 saturated carbocycles. The predicted molar refractivity (Wildman–Crippen MR) is 121 cm³/mol. The van der Waals surface area contributed by atoms with E-state index >= 15 is 0 Å². The molecule has 172 valence electrons. The van der Waals surface area contributed by atoms with Crippen molar-refractivity contribution < 1.29 is 23.9 Å². The van der Waals surface area contributed by atoms with Gasteiger partial charge < -0.3 is 9.47 Å². The van der Waals surface area contributed by atoms with Gasteiger partial charge in [0.25, 0.3) is 0 Å². The number of ketones is 1. The van der Waals surface area contributed by atoms with E-state index in [0.29, 0.717) is 24.0 Å². The largest absolute Gasteiger partial charge is 0.455 e. The summed E-state index contributed by atoms with van der Waals surface area (Å²) >= 11 is 0. The first-order valence-electron chi connectivity index (χ1n) is 11.5. The third-order valence-electron chi connectivity index (χ3n) is 7.01. The second-order valence-corrected chi connectivity index (χ2v) is 9.31. The van der Waals surface area contributed by atoms with Crippen LogP contribution >= 0.6 is 0 Å². The number of carbonyl (C=O) groups excluding carboxylic acids is 3. The standard InChI is InChI=1S/C26H38O5/c1-9-15(6)12-21(27)30-20-13-19(14(4)5)23-18(11-3)24(28)25(22(23)17(20)8)31-26(29)16(7)10-2/h11-12,14,16,19-20,22-23,25H,8-10,13H2,1-7H3/b15-12+,18-11-/t16?,19?,20-,22+,23?,25?/m0/s1. The van der Waals surface area contributed by atoms with Gasteiger partial charge in [-0.2, -0.15) is 0 Å². The highest BCUT2D eigenvalue weighted by molar-refractivity contribution is 6.03. The molecule has 0 aliphatic heterocycles. The number of Topliss-reactive ketones (excluding diaryl/α,β-unsaturated/α-hetero) is 1. The minimum atomic E-state index is -0.902. The highest BCUT2D eigenvalue weighted by Gasteiger charge is 2.57. The van der Waals surface area contributed by atoms with Gasteiger partial charge in [-0.25, -0.2) is 4.79 Å². The lowest BCUT2D eigenvalue weighted by Gasteiger charge is -2.42. The fraction of sp³-hybridized carbons (Fsp3) is 0.654. The molecular formula is C26H38O5. The van der Waals surface area contributed by atoms with E-state index in [1.807, 2.05) is 33.8 Å². The third-order valence-corrected chi connectivity index (χ3v) is 7.01. The summed E-state index contributed by atoms with van der Waals surface area (Å²) in [6.45, 7) is 17.9. The third kappa shape index (κ3) is 5.19. The van der Waals surface area contributed by atoms with Crippen LogP contribution in [0.1, 0.15) is 67.7 Å². The van der Waals surface area contributed by atoms with Gasteiger partial charge in [0.2, 0.25) is 0 Å². The van der Waals surface area contributed by atoms with E-state index in [4.69, 9.17) is 9.47 Å². The fourth-order valence-corrected chi connectivity index (χ4v) is 4.71. The van der Waals surface area contributed by atoms with Crippen LogP contribution in [0.15, 0.2) is 35.5 Å². The van der Waals surface area contributed by atoms with Crippen LogP contribution in [0.5, 0.6) is 0 Å². The van der Waals surface area contributed by atoms with Gasteiger partial charge in [0.1, 0.15) is 6.10 Å². The number of hydrogen-bond donors (Lipinski definition) is 0. The molecule has 5 heteroatoms. The van der Waals surface area contributed by atoms with E-state index in [1.165, 1.54) is 6.08 Å². The van der Waals surface area contributed by atoms with Crippen molar-refractivity contribution in [2.24, 2.45) is 29.6 Å². The van der Waals surface area contributed by atoms with Crippen LogP contribution < -0.4 is 0 Å². The minimum absolute atomic E-state index is 0.0809. The second-order valence-electron chi connectivity index (χ2n) is 9.31. The van der Waals surface area contributed by atoms with Gasteiger partial charge in [0.15, 0.2) is 11.9 Å². The van der Waals surface area contributed by atoms with Gasteiger partial charge in [-0.05, 0) is 56.1 Å². The van der Waals surface area contributed by atoms with Crippen LogP contribution in [0.4, 0.5) is 0 Å². The number of rotatable bonds is 7. The van der Waals surface area contributed by atoms with Crippen molar-refractivity contribution in [1.29, 1.82) is 0 Å². The van der Waals surface area contributed by atoms with Crippen molar-refractivity contribution in [2.75, 3.05) is 0 Å². The average molecular weight is 431 g/mol. The molecule has 5 nitrogen and oxygen atoms in total. The van der Waals surface area contributed by atoms with Crippen molar-refractivity contribution in [3.8, 4) is 0 Å². The molecule has 0 aromatic rings. The molecule has 0 aromatic carbocycles. The Kier molecular flexibility index (Phi) is 8.44. The van der Waals surface area contributed by atoms with Crippen LogP contribution in [0, 0.1) is 29.6 Å². The Morgan fingerprint density at radius 1 is 1.16 bits per heavy atom. The van der Waals surface area contributed by atoms with E-state index < -0.39 is 18.2 Å². The second kappa shape index (κ2) is 10.4. The van der Waals surface area contributed by atoms with Gasteiger partial charge in [-0.3, -0.25) is 9.59 Å². The molecule has 2 rings (SSSR count). The molecule has 0 aromatic heterocycles. The normalized spacial score (nSPS) is 31.0. The maximum atomic E-state index is 13.3. The van der Waals surface area contributed by atoms with Crippen LogP contribution in [0.25, 0.3) is 0 Å². The molecular weight excluding hydrogens is 392 g/mol. The number of fused-ring (bicyclic) bond motifs is 1. The molecule has 0 heterocycles. The molecule has 4 unspecified atom stereocenters. The summed E-state index contributed by atoms with van der Waals surface area (Å²) in [7, 11) is 0. The quantitative estimate of drug-likeness (QED) is 0.315. The summed E-state index contributed by atoms with van der Waals surface area (Å²) in [5, 5.41) is 0. The molecule has 0 N–H and O–H groups in total. The topological polar surface area (TPSA) is 69.7 Å². The number of allylic oxidation sites excluding steroid dienone is 2. The highest BCUT2D eigenvalue weighted by Crippen LogP contribution is 2.53. The SMILES string of the molecule is C=C1[C@H]2C(OC(=O)C(C)CC)C(=O)/C(=C\C)C2C(C(C)C)C[C@@H]1OC(=O)/C=C(\C)CC. The Labute approximate surface area is 186 Å². The lowest BCUT2D eigenvalue weighted by atomic mass is 9.65. The van der Waals surface area contributed by atoms with Crippen molar-refractivity contribution in [1.82, 2.24) is 0 Å². The summed E-state index contributed by atoms with van der Waals surface area (Å²) < 4.78 is 11.6. The van der Waals surface area contributed by atoms with Crippen LogP contribution in [0.2, 0.25) is 0 Å². The molecule has 31 heavy (non-hydrogen) atoms. The van der Waals surface area contributed by atoms with Crippen LogP contribution in [-0.2, 0) is 23.9 Å². The van der Waals surface area contributed by atoms with Gasteiger partial charge >= 0.3 is 11.9 Å². The number of carbonyl (C=O) groups is 3. The van der Waals surface area contributed by atoms with Gasteiger partial charge in [0.05, 0.1) is 5.92 Å². The van der Waals surface area contributed by atoms with Crippen molar-refractivity contribution >= 4 is 17.7 Å². The van der Waals surface area contributed by atoms with E-state index in [9.17, 15) is 14.4 Å². The Morgan fingerprint density at radius 2 is 1.81 bits per heavy atom. The summed E-state index contributed by atoms with van der Waals surface area (Å²) in [5.74, 6) is -1.26. The van der Waals surface area contributed by atoms with Crippen molar-refractivity contribution in [3.63, 3.8) is 0 Å². The monoisotopic (exact) mass is 430 g/mol. The molecule has 0 radical (unpaired) electrons. The Morgan fingerprint density at radius 3 is 2.32 bits per heavy atom. The van der Waals surface area contributed by atoms with Crippen LogP contribution in [0.3, 0.4) is 0 Å². The summed E-state index contributed by atoms with van der Waals surface area (Å²) in [6, 6.07) is 0. The van der Waals surface area contributed by atoms with Gasteiger partial charge in [-0.15, -0.1) is 0 Å². The summed E-state index contributed by atoms with van der Waals surface area (Å²) in [5.41, 5.74) is 2.32. The Balaban J connectivity index is 2.41. The molecule has 2 aliphatic rings. The first-order valence-corrected chi connectivity index (χ1v) is 11.5. The maximum absolute atomic E-state index is 13.3. The van der Waals surface area contributed by atoms with E-state index in [0.717, 1.165) is 12.0 Å².